The zero-order valence-electron chi connectivity index (χ0n) is 12.5. The van der Waals surface area contributed by atoms with Gasteiger partial charge < -0.3 is 10.6 Å². The number of amides is 1. The van der Waals surface area contributed by atoms with Crippen molar-refractivity contribution in [3.8, 4) is 0 Å². The van der Waals surface area contributed by atoms with Crippen LogP contribution in [0.4, 0.5) is 11.4 Å². The van der Waals surface area contributed by atoms with Crippen molar-refractivity contribution in [3.63, 3.8) is 0 Å². The molecular weight excluding hydrogens is 332 g/mol. The van der Waals surface area contributed by atoms with Gasteiger partial charge in [-0.25, -0.2) is 0 Å². The highest BCUT2D eigenvalue weighted by molar-refractivity contribution is 6.34. The minimum Gasteiger partial charge on any atom is -0.368 e. The molecule has 1 heterocycles. The standard InChI is InChI=1S/C16H13ClN4O3/c17-14-6-5-12(21(23)24)9-13(14)16(22)20-11-3-1-10(2-4-11)15-18-7-8-19-15/h1-6,9H,7-8H2,(H,18,19)(H,20,22). The quantitative estimate of drug-likeness (QED) is 0.658. The highest BCUT2D eigenvalue weighted by atomic mass is 35.5. The number of nitrogens with one attached hydrogen (secondary N) is 2. The SMILES string of the molecule is O=C(Nc1ccc(C2=NCCN2)cc1)c1cc([N+](=O)[O-])ccc1Cl. The number of nitro groups is 1. The van der Waals surface area contributed by atoms with Crippen LogP contribution in [0.25, 0.3) is 0 Å². The number of nitro benzene ring substituents is 1. The van der Waals surface area contributed by atoms with Crippen molar-refractivity contribution in [2.75, 3.05) is 18.4 Å². The van der Waals surface area contributed by atoms with E-state index in [4.69, 9.17) is 11.6 Å². The lowest BCUT2D eigenvalue weighted by molar-refractivity contribution is -0.384. The van der Waals surface area contributed by atoms with Gasteiger partial charge in [0.25, 0.3) is 11.6 Å². The van der Waals surface area contributed by atoms with Crippen molar-refractivity contribution in [2.45, 2.75) is 0 Å². The Morgan fingerprint density at radius 2 is 2.00 bits per heavy atom. The second-order valence-corrected chi connectivity index (χ2v) is 5.52. The Labute approximate surface area is 142 Å². The van der Waals surface area contributed by atoms with E-state index in [1.807, 2.05) is 12.1 Å². The fraction of sp³-hybridized carbons (Fsp3) is 0.125. The van der Waals surface area contributed by atoms with Gasteiger partial charge >= 0.3 is 0 Å². The molecule has 7 nitrogen and oxygen atoms in total. The summed E-state index contributed by atoms with van der Waals surface area (Å²) in [6, 6.07) is 10.9. The molecule has 8 heteroatoms. The zero-order valence-corrected chi connectivity index (χ0v) is 13.2. The monoisotopic (exact) mass is 344 g/mol. The fourth-order valence-corrected chi connectivity index (χ4v) is 2.51. The number of halogens is 1. The van der Waals surface area contributed by atoms with E-state index < -0.39 is 10.8 Å². The lowest BCUT2D eigenvalue weighted by atomic mass is 10.1. The molecule has 0 saturated carbocycles. The molecule has 1 aliphatic heterocycles. The van der Waals surface area contributed by atoms with E-state index in [2.05, 4.69) is 15.6 Å². The largest absolute Gasteiger partial charge is 0.368 e. The number of nitrogens with zero attached hydrogens (tertiary/aromatic N) is 2. The average Bonchev–Trinajstić information content (AvgIpc) is 3.10. The van der Waals surface area contributed by atoms with Crippen molar-refractivity contribution in [1.82, 2.24) is 5.32 Å². The molecule has 0 atom stereocenters. The smallest absolute Gasteiger partial charge is 0.270 e. The first kappa shape index (κ1) is 15.9. The number of benzene rings is 2. The Bertz CT molecular complexity index is 834. The van der Waals surface area contributed by atoms with Gasteiger partial charge in [0.15, 0.2) is 0 Å². The van der Waals surface area contributed by atoms with E-state index >= 15 is 0 Å². The van der Waals surface area contributed by atoms with E-state index in [9.17, 15) is 14.9 Å². The minimum absolute atomic E-state index is 0.0526. The first-order chi connectivity index (χ1) is 11.5. The lowest BCUT2D eigenvalue weighted by Gasteiger charge is -2.08. The molecule has 0 aliphatic carbocycles. The van der Waals surface area contributed by atoms with E-state index in [1.54, 1.807) is 12.1 Å². The van der Waals surface area contributed by atoms with Gasteiger partial charge in [-0.3, -0.25) is 19.9 Å². The number of aliphatic imine (C=N–C) groups is 1. The number of anilines is 1. The fourth-order valence-electron chi connectivity index (χ4n) is 2.30. The maximum Gasteiger partial charge on any atom is 0.270 e. The highest BCUT2D eigenvalue weighted by Crippen LogP contribution is 2.23. The number of carbonyl (C=O) groups is 1. The zero-order chi connectivity index (χ0) is 17.1. The predicted octanol–water partition coefficient (Wildman–Crippen LogP) is 2.85. The molecule has 2 aromatic carbocycles. The van der Waals surface area contributed by atoms with Crippen LogP contribution in [-0.2, 0) is 0 Å². The summed E-state index contributed by atoms with van der Waals surface area (Å²) < 4.78 is 0. The molecule has 0 saturated heterocycles. The summed E-state index contributed by atoms with van der Waals surface area (Å²) in [6.45, 7) is 1.57. The first-order valence-electron chi connectivity index (χ1n) is 7.18. The molecule has 0 aromatic heterocycles. The third-order valence-corrected chi connectivity index (χ3v) is 3.83. The minimum atomic E-state index is -0.572. The highest BCUT2D eigenvalue weighted by Gasteiger charge is 2.16. The third-order valence-electron chi connectivity index (χ3n) is 3.50. The van der Waals surface area contributed by atoms with Crippen LogP contribution in [0.1, 0.15) is 15.9 Å². The van der Waals surface area contributed by atoms with Crippen LogP contribution in [0.2, 0.25) is 5.02 Å². The van der Waals surface area contributed by atoms with Crippen molar-refractivity contribution < 1.29 is 9.72 Å². The molecular formula is C16H13ClN4O3. The third kappa shape index (κ3) is 3.36. The van der Waals surface area contributed by atoms with E-state index in [-0.39, 0.29) is 16.3 Å². The lowest BCUT2D eigenvalue weighted by Crippen LogP contribution is -2.19. The second-order valence-electron chi connectivity index (χ2n) is 5.11. The summed E-state index contributed by atoms with van der Waals surface area (Å²) in [5.41, 5.74) is 1.35. The second kappa shape index (κ2) is 6.67. The van der Waals surface area contributed by atoms with Crippen LogP contribution in [0.3, 0.4) is 0 Å². The summed E-state index contributed by atoms with van der Waals surface area (Å²) in [7, 11) is 0. The maximum absolute atomic E-state index is 12.3. The van der Waals surface area contributed by atoms with Crippen molar-refractivity contribution in [2.24, 2.45) is 4.99 Å². The molecule has 0 unspecified atom stereocenters. The first-order valence-corrected chi connectivity index (χ1v) is 7.56. The molecule has 3 rings (SSSR count). The number of non-ortho nitro benzene ring substituents is 1. The van der Waals surface area contributed by atoms with E-state index in [1.165, 1.54) is 12.1 Å². The molecule has 0 spiro atoms. The molecule has 0 radical (unpaired) electrons. The number of hydrogen-bond acceptors (Lipinski definition) is 5. The van der Waals surface area contributed by atoms with Gasteiger partial charge in [0, 0.05) is 29.9 Å². The van der Waals surface area contributed by atoms with Crippen molar-refractivity contribution in [3.05, 3.63) is 68.7 Å². The van der Waals surface area contributed by atoms with Crippen LogP contribution >= 0.6 is 11.6 Å². The molecule has 0 bridgehead atoms. The summed E-state index contributed by atoms with van der Waals surface area (Å²) in [4.78, 5) is 26.9. The number of rotatable bonds is 4. The van der Waals surface area contributed by atoms with Gasteiger partial charge in [-0.05, 0) is 30.3 Å². The Morgan fingerprint density at radius 3 is 2.62 bits per heavy atom. The Kier molecular flexibility index (Phi) is 4.43. The molecule has 2 aromatic rings. The number of carbonyl (C=O) groups excluding carboxylic acids is 1. The number of amidine groups is 1. The van der Waals surface area contributed by atoms with Crippen LogP contribution in [0, 0.1) is 10.1 Å². The van der Waals surface area contributed by atoms with E-state index in [0.717, 1.165) is 30.6 Å². The molecule has 1 aliphatic rings. The van der Waals surface area contributed by atoms with Gasteiger partial charge in [0.2, 0.25) is 0 Å². The maximum atomic E-state index is 12.3. The van der Waals surface area contributed by atoms with Crippen molar-refractivity contribution in [1.29, 1.82) is 0 Å². The normalized spacial score (nSPS) is 13.1. The van der Waals surface area contributed by atoms with Gasteiger partial charge in [-0.15, -0.1) is 0 Å². The van der Waals surface area contributed by atoms with E-state index in [0.29, 0.717) is 5.69 Å². The average molecular weight is 345 g/mol. The van der Waals surface area contributed by atoms with Crippen LogP contribution in [0.5, 0.6) is 0 Å². The van der Waals surface area contributed by atoms with Crippen LogP contribution < -0.4 is 10.6 Å². The predicted molar refractivity (Wildman–Crippen MR) is 91.9 cm³/mol. The van der Waals surface area contributed by atoms with Crippen molar-refractivity contribution >= 4 is 34.7 Å². The Balaban J connectivity index is 1.77. The molecule has 122 valence electrons. The molecule has 0 fully saturated rings. The Morgan fingerprint density at radius 1 is 1.25 bits per heavy atom. The Hall–Kier alpha value is -2.93. The number of hydrogen-bond donors (Lipinski definition) is 2. The van der Waals surface area contributed by atoms with Gasteiger partial charge in [-0.2, -0.15) is 0 Å². The summed E-state index contributed by atoms with van der Waals surface area (Å²) in [5, 5.41) is 16.8. The topological polar surface area (TPSA) is 96.6 Å². The summed E-state index contributed by atoms with van der Waals surface area (Å²) in [5.74, 6) is 0.322. The van der Waals surface area contributed by atoms with Gasteiger partial charge in [0.1, 0.15) is 5.84 Å². The van der Waals surface area contributed by atoms with Gasteiger partial charge in [-0.1, -0.05) is 11.6 Å². The van der Waals surface area contributed by atoms with Gasteiger partial charge in [0.05, 0.1) is 22.1 Å². The molecule has 24 heavy (non-hydrogen) atoms. The van der Waals surface area contributed by atoms with Crippen LogP contribution in [0.15, 0.2) is 47.5 Å². The molecule has 2 N–H and O–H groups in total. The molecule has 1 amide bonds. The summed E-state index contributed by atoms with van der Waals surface area (Å²) in [6.07, 6.45) is 0. The van der Waals surface area contributed by atoms with Crippen LogP contribution in [-0.4, -0.2) is 29.8 Å². The summed E-state index contributed by atoms with van der Waals surface area (Å²) >= 11 is 5.97.